The average molecular weight is 518 g/mol. The Morgan fingerprint density at radius 1 is 1.24 bits per heavy atom. The van der Waals surface area contributed by atoms with Gasteiger partial charge in [0.05, 0.1) is 6.61 Å². The molecule has 1 amide bonds. The predicted octanol–water partition coefficient (Wildman–Crippen LogP) is 5.06. The Kier molecular flexibility index (Phi) is 6.43. The van der Waals surface area contributed by atoms with E-state index in [1.54, 1.807) is 17.5 Å². The highest BCUT2D eigenvalue weighted by Crippen LogP contribution is 2.35. The van der Waals surface area contributed by atoms with E-state index in [1.807, 2.05) is 36.6 Å². The van der Waals surface area contributed by atoms with E-state index < -0.39 is 10.0 Å². The van der Waals surface area contributed by atoms with Crippen molar-refractivity contribution < 1.29 is 22.4 Å². The summed E-state index contributed by atoms with van der Waals surface area (Å²) in [4.78, 5) is 17.3. The number of ether oxygens (including phenoxy) is 1. The SMILES string of the molecule is CCOc1cccc2cc(-c3csc(NC(=O)C4CCN(S(=O)(=O)c5cccs5)CC4)n3)oc12. The lowest BCUT2D eigenvalue weighted by atomic mass is 9.97. The molecule has 0 aliphatic carbocycles. The second-order valence-corrected chi connectivity index (χ2v) is 11.8. The highest BCUT2D eigenvalue weighted by Gasteiger charge is 2.32. The van der Waals surface area contributed by atoms with Crippen molar-refractivity contribution in [1.82, 2.24) is 9.29 Å². The standard InChI is InChI=1S/C23H23N3O5S3/c1-2-30-18-6-3-5-16-13-19(31-21(16)18)17-14-33-23(24-17)25-22(27)15-8-10-26(11-9-15)34(28,29)20-7-4-12-32-20/h3-7,12-15H,2,8-11H2,1H3,(H,24,25,27). The molecule has 1 aliphatic rings. The summed E-state index contributed by atoms with van der Waals surface area (Å²) in [6.45, 7) is 3.11. The summed E-state index contributed by atoms with van der Waals surface area (Å²) < 4.78 is 38.8. The van der Waals surface area contributed by atoms with E-state index in [0.29, 0.717) is 64.7 Å². The number of para-hydroxylation sites is 1. The number of sulfonamides is 1. The fraction of sp³-hybridized carbons (Fsp3) is 0.304. The normalized spacial score (nSPS) is 15.6. The number of rotatable bonds is 7. The molecule has 1 N–H and O–H groups in total. The number of anilines is 1. The topological polar surface area (TPSA) is 102 Å². The number of hydrogen-bond donors (Lipinski definition) is 1. The summed E-state index contributed by atoms with van der Waals surface area (Å²) >= 11 is 2.53. The molecule has 0 bridgehead atoms. The molecule has 0 unspecified atom stereocenters. The lowest BCUT2D eigenvalue weighted by Gasteiger charge is -2.29. The van der Waals surface area contributed by atoms with Gasteiger partial charge in [0, 0.05) is 29.8 Å². The number of aromatic nitrogens is 1. The molecule has 0 saturated carbocycles. The first-order valence-electron chi connectivity index (χ1n) is 10.9. The van der Waals surface area contributed by atoms with Crippen LogP contribution in [0.15, 0.2) is 55.8 Å². The van der Waals surface area contributed by atoms with Gasteiger partial charge in [0.2, 0.25) is 5.91 Å². The largest absolute Gasteiger partial charge is 0.490 e. The number of nitrogens with one attached hydrogen (secondary N) is 1. The number of furan rings is 1. The van der Waals surface area contributed by atoms with Gasteiger partial charge in [0.1, 0.15) is 9.90 Å². The van der Waals surface area contributed by atoms with Gasteiger partial charge in [-0.3, -0.25) is 4.79 Å². The first-order valence-corrected chi connectivity index (χ1v) is 14.1. The molecule has 0 radical (unpaired) electrons. The van der Waals surface area contributed by atoms with Crippen LogP contribution in [0.1, 0.15) is 19.8 Å². The Morgan fingerprint density at radius 3 is 2.79 bits per heavy atom. The summed E-state index contributed by atoms with van der Waals surface area (Å²) in [5.41, 5.74) is 1.30. The summed E-state index contributed by atoms with van der Waals surface area (Å²) in [6, 6.07) is 11.0. The first-order chi connectivity index (χ1) is 16.5. The fourth-order valence-corrected chi connectivity index (χ4v) is 7.30. The molecule has 0 spiro atoms. The minimum atomic E-state index is -3.48. The van der Waals surface area contributed by atoms with Gasteiger partial charge in [-0.2, -0.15) is 4.31 Å². The summed E-state index contributed by atoms with van der Waals surface area (Å²) in [5, 5.41) is 7.88. The van der Waals surface area contributed by atoms with Crippen LogP contribution in [-0.2, 0) is 14.8 Å². The molecular weight excluding hydrogens is 494 g/mol. The van der Waals surface area contributed by atoms with Crippen LogP contribution in [0.4, 0.5) is 5.13 Å². The zero-order valence-corrected chi connectivity index (χ0v) is 20.8. The molecule has 4 heterocycles. The Hall–Kier alpha value is -2.73. The molecule has 3 aromatic heterocycles. The van der Waals surface area contributed by atoms with E-state index in [2.05, 4.69) is 10.3 Å². The van der Waals surface area contributed by atoms with Crippen LogP contribution in [0.25, 0.3) is 22.4 Å². The predicted molar refractivity (Wildman–Crippen MR) is 133 cm³/mol. The number of piperidine rings is 1. The van der Waals surface area contributed by atoms with Gasteiger partial charge >= 0.3 is 0 Å². The maximum Gasteiger partial charge on any atom is 0.252 e. The highest BCUT2D eigenvalue weighted by molar-refractivity contribution is 7.91. The molecule has 1 saturated heterocycles. The Balaban J connectivity index is 1.23. The third kappa shape index (κ3) is 4.48. The molecule has 0 atom stereocenters. The number of amides is 1. The molecular formula is C23H23N3O5S3. The van der Waals surface area contributed by atoms with Crippen LogP contribution in [-0.4, -0.2) is 43.3 Å². The number of carbonyl (C=O) groups excluding carboxylic acids is 1. The minimum Gasteiger partial charge on any atom is -0.490 e. The monoisotopic (exact) mass is 517 g/mol. The number of carbonyl (C=O) groups is 1. The molecule has 34 heavy (non-hydrogen) atoms. The minimum absolute atomic E-state index is 0.141. The van der Waals surface area contributed by atoms with E-state index >= 15 is 0 Å². The molecule has 8 nitrogen and oxygen atoms in total. The van der Waals surface area contributed by atoms with E-state index in [-0.39, 0.29) is 11.8 Å². The molecule has 178 valence electrons. The van der Waals surface area contributed by atoms with Gasteiger partial charge in [-0.15, -0.1) is 22.7 Å². The third-order valence-electron chi connectivity index (χ3n) is 5.71. The molecule has 4 aromatic rings. The first kappa shape index (κ1) is 23.0. The van der Waals surface area contributed by atoms with Gasteiger partial charge in [-0.25, -0.2) is 13.4 Å². The Bertz CT molecular complexity index is 1400. The van der Waals surface area contributed by atoms with E-state index in [1.165, 1.54) is 27.0 Å². The van der Waals surface area contributed by atoms with E-state index in [9.17, 15) is 13.2 Å². The average Bonchev–Trinajstić information content (AvgIpc) is 3.60. The van der Waals surface area contributed by atoms with Crippen LogP contribution >= 0.6 is 22.7 Å². The van der Waals surface area contributed by atoms with Crippen molar-refractivity contribution in [2.45, 2.75) is 24.0 Å². The maximum absolute atomic E-state index is 12.8. The van der Waals surface area contributed by atoms with E-state index in [0.717, 1.165) is 5.39 Å². The van der Waals surface area contributed by atoms with Crippen molar-refractivity contribution in [2.75, 3.05) is 25.0 Å². The number of nitrogens with zero attached hydrogens (tertiary/aromatic N) is 2. The number of benzene rings is 1. The van der Waals surface area contributed by atoms with Crippen molar-refractivity contribution in [1.29, 1.82) is 0 Å². The van der Waals surface area contributed by atoms with Crippen molar-refractivity contribution in [3.8, 4) is 17.2 Å². The molecule has 1 aromatic carbocycles. The van der Waals surface area contributed by atoms with Gasteiger partial charge in [-0.05, 0) is 43.3 Å². The zero-order chi connectivity index (χ0) is 23.7. The third-order valence-corrected chi connectivity index (χ3v) is 9.74. The second-order valence-electron chi connectivity index (χ2n) is 7.86. The van der Waals surface area contributed by atoms with Crippen LogP contribution in [0.5, 0.6) is 5.75 Å². The van der Waals surface area contributed by atoms with E-state index in [4.69, 9.17) is 9.15 Å². The molecule has 1 fully saturated rings. The van der Waals surface area contributed by atoms with Crippen LogP contribution < -0.4 is 10.1 Å². The van der Waals surface area contributed by atoms with Crippen molar-refractivity contribution in [3.63, 3.8) is 0 Å². The van der Waals surface area contributed by atoms with Crippen molar-refractivity contribution >= 4 is 54.7 Å². The molecule has 5 rings (SSSR count). The van der Waals surface area contributed by atoms with Gasteiger partial charge in [0.25, 0.3) is 10.0 Å². The quantitative estimate of drug-likeness (QED) is 0.368. The fourth-order valence-electron chi connectivity index (χ4n) is 3.98. The summed E-state index contributed by atoms with van der Waals surface area (Å²) in [6.07, 6.45) is 0.941. The number of thiophene rings is 1. The second kappa shape index (κ2) is 9.49. The molecule has 11 heteroatoms. The number of fused-ring (bicyclic) bond motifs is 1. The van der Waals surface area contributed by atoms with Crippen LogP contribution in [0.3, 0.4) is 0 Å². The molecule has 1 aliphatic heterocycles. The van der Waals surface area contributed by atoms with Gasteiger partial charge in [-0.1, -0.05) is 18.2 Å². The summed E-state index contributed by atoms with van der Waals surface area (Å²) in [7, 11) is -3.48. The van der Waals surface area contributed by atoms with Crippen LogP contribution in [0.2, 0.25) is 0 Å². The lowest BCUT2D eigenvalue weighted by Crippen LogP contribution is -2.41. The zero-order valence-electron chi connectivity index (χ0n) is 18.4. The van der Waals surface area contributed by atoms with Crippen molar-refractivity contribution in [2.24, 2.45) is 5.92 Å². The van der Waals surface area contributed by atoms with Crippen LogP contribution in [0, 0.1) is 5.92 Å². The Morgan fingerprint density at radius 2 is 2.06 bits per heavy atom. The smallest absolute Gasteiger partial charge is 0.252 e. The van der Waals surface area contributed by atoms with Gasteiger partial charge < -0.3 is 14.5 Å². The highest BCUT2D eigenvalue weighted by atomic mass is 32.2. The number of hydrogen-bond acceptors (Lipinski definition) is 8. The van der Waals surface area contributed by atoms with Gasteiger partial charge in [0.15, 0.2) is 22.2 Å². The Labute approximate surface area is 205 Å². The maximum atomic E-state index is 12.8. The summed E-state index contributed by atoms with van der Waals surface area (Å²) in [5.74, 6) is 0.882. The lowest BCUT2D eigenvalue weighted by molar-refractivity contribution is -0.120. The van der Waals surface area contributed by atoms with Crippen molar-refractivity contribution in [3.05, 3.63) is 47.2 Å². The number of thiazole rings is 1.